The molecule has 0 radical (unpaired) electrons. The highest BCUT2D eigenvalue weighted by atomic mass is 16.6. The largest absolute Gasteiger partial charge is 0.485 e. The maximum atomic E-state index is 12.3. The van der Waals surface area contributed by atoms with Crippen molar-refractivity contribution < 1.29 is 23.7 Å². The smallest absolute Gasteiger partial charge is 0.269 e. The fraction of sp³-hybridized carbons (Fsp3) is 0.294. The van der Waals surface area contributed by atoms with Gasteiger partial charge in [-0.25, -0.2) is 4.98 Å². The van der Waals surface area contributed by atoms with E-state index in [0.29, 0.717) is 36.3 Å². The van der Waals surface area contributed by atoms with E-state index in [1.807, 2.05) is 12.1 Å². The summed E-state index contributed by atoms with van der Waals surface area (Å²) >= 11 is 0. The average molecular weight is 330 g/mol. The summed E-state index contributed by atoms with van der Waals surface area (Å²) in [6.07, 6.45) is 0.815. The Hall–Kier alpha value is -2.80. The van der Waals surface area contributed by atoms with E-state index in [4.69, 9.17) is 18.9 Å². The number of benzene rings is 1. The number of nitrogens with zero attached hydrogens (tertiary/aromatic N) is 1. The van der Waals surface area contributed by atoms with Crippen LogP contribution in [0.25, 0.3) is 0 Å². The molecule has 1 unspecified atom stereocenters. The number of ether oxygens (including phenoxy) is 4. The number of hydrogen-bond donors (Lipinski definition) is 1. The van der Waals surface area contributed by atoms with Crippen molar-refractivity contribution in [2.75, 3.05) is 32.2 Å². The van der Waals surface area contributed by atoms with Gasteiger partial charge < -0.3 is 24.3 Å². The number of methoxy groups -OCH3 is 1. The molecule has 1 aromatic heterocycles. The minimum Gasteiger partial charge on any atom is -0.485 e. The molecule has 1 aromatic carbocycles. The first-order chi connectivity index (χ1) is 11.8. The molecular formula is C17H18N2O5. The lowest BCUT2D eigenvalue weighted by molar-refractivity contribution is -0.125. The van der Waals surface area contributed by atoms with Crippen molar-refractivity contribution in [2.45, 2.75) is 6.10 Å². The predicted octanol–water partition coefficient (Wildman–Crippen LogP) is 1.89. The molecule has 24 heavy (non-hydrogen) atoms. The van der Waals surface area contributed by atoms with Gasteiger partial charge in [-0.3, -0.25) is 4.79 Å². The summed E-state index contributed by atoms with van der Waals surface area (Å²) in [5.74, 6) is 1.38. The maximum Gasteiger partial charge on any atom is 0.269 e. The van der Waals surface area contributed by atoms with E-state index < -0.39 is 6.10 Å². The zero-order valence-corrected chi connectivity index (χ0v) is 13.2. The minimum atomic E-state index is -0.711. The van der Waals surface area contributed by atoms with Crippen LogP contribution in [0.15, 0.2) is 42.6 Å². The molecule has 0 saturated heterocycles. The molecule has 0 saturated carbocycles. The molecular weight excluding hydrogens is 312 g/mol. The quantitative estimate of drug-likeness (QED) is 0.815. The molecule has 3 rings (SSSR count). The Balaban J connectivity index is 1.55. The molecule has 0 fully saturated rings. The van der Waals surface area contributed by atoms with Gasteiger partial charge in [0, 0.05) is 13.2 Å². The normalized spacial score (nSPS) is 15.6. The first-order valence-electron chi connectivity index (χ1n) is 7.53. The van der Waals surface area contributed by atoms with Gasteiger partial charge in [0.25, 0.3) is 5.91 Å². The fourth-order valence-corrected chi connectivity index (χ4v) is 2.14. The number of amides is 1. The predicted molar refractivity (Wildman–Crippen MR) is 86.6 cm³/mol. The summed E-state index contributed by atoms with van der Waals surface area (Å²) in [5, 5.41) is 2.75. The SMILES string of the molecule is COCCOc1ccc(NC(=O)C2COc3ccccc3O2)cn1. The van der Waals surface area contributed by atoms with E-state index in [-0.39, 0.29) is 12.5 Å². The highest BCUT2D eigenvalue weighted by Crippen LogP contribution is 2.31. The van der Waals surface area contributed by atoms with Gasteiger partial charge >= 0.3 is 0 Å². The lowest BCUT2D eigenvalue weighted by Gasteiger charge is -2.25. The van der Waals surface area contributed by atoms with Gasteiger partial charge in [-0.2, -0.15) is 0 Å². The summed E-state index contributed by atoms with van der Waals surface area (Å²) in [7, 11) is 1.60. The molecule has 2 aromatic rings. The Kier molecular flexibility index (Phi) is 5.12. The molecule has 126 valence electrons. The number of aromatic nitrogens is 1. The van der Waals surface area contributed by atoms with Gasteiger partial charge in [-0.1, -0.05) is 12.1 Å². The number of nitrogens with one attached hydrogen (secondary N) is 1. The van der Waals surface area contributed by atoms with Crippen LogP contribution in [-0.4, -0.2) is 43.9 Å². The monoisotopic (exact) mass is 330 g/mol. The molecule has 1 aliphatic heterocycles. The van der Waals surface area contributed by atoms with E-state index in [1.54, 1.807) is 31.4 Å². The zero-order valence-electron chi connectivity index (χ0n) is 13.2. The summed E-state index contributed by atoms with van der Waals surface area (Å²) in [4.78, 5) is 16.4. The Bertz CT molecular complexity index is 690. The lowest BCUT2D eigenvalue weighted by Crippen LogP contribution is -2.40. The Morgan fingerprint density at radius 1 is 1.25 bits per heavy atom. The van der Waals surface area contributed by atoms with Crippen molar-refractivity contribution in [3.05, 3.63) is 42.6 Å². The van der Waals surface area contributed by atoms with Crippen LogP contribution in [0, 0.1) is 0 Å². The van der Waals surface area contributed by atoms with E-state index in [1.165, 1.54) is 6.20 Å². The Labute approximate surface area is 139 Å². The van der Waals surface area contributed by atoms with Crippen LogP contribution in [0.4, 0.5) is 5.69 Å². The van der Waals surface area contributed by atoms with Crippen LogP contribution in [0.3, 0.4) is 0 Å². The second-order valence-corrected chi connectivity index (χ2v) is 5.08. The lowest BCUT2D eigenvalue weighted by atomic mass is 10.2. The number of carbonyl (C=O) groups is 1. The number of anilines is 1. The fourth-order valence-electron chi connectivity index (χ4n) is 2.14. The van der Waals surface area contributed by atoms with E-state index in [0.717, 1.165) is 0 Å². The van der Waals surface area contributed by atoms with Crippen LogP contribution in [0.1, 0.15) is 0 Å². The van der Waals surface area contributed by atoms with Gasteiger partial charge in [0.05, 0.1) is 18.5 Å². The van der Waals surface area contributed by atoms with Crippen molar-refractivity contribution in [3.8, 4) is 17.4 Å². The summed E-state index contributed by atoms with van der Waals surface area (Å²) in [5.41, 5.74) is 0.557. The summed E-state index contributed by atoms with van der Waals surface area (Å²) < 4.78 is 21.5. The van der Waals surface area contributed by atoms with E-state index >= 15 is 0 Å². The number of para-hydroxylation sites is 2. The summed E-state index contributed by atoms with van der Waals surface area (Å²) in [6.45, 7) is 1.07. The Morgan fingerprint density at radius 3 is 2.83 bits per heavy atom. The molecule has 1 N–H and O–H groups in total. The van der Waals surface area contributed by atoms with Crippen LogP contribution in [-0.2, 0) is 9.53 Å². The van der Waals surface area contributed by atoms with Crippen molar-refractivity contribution in [1.29, 1.82) is 0 Å². The standard InChI is InChI=1S/C17H18N2O5/c1-21-8-9-22-16-7-6-12(10-18-16)19-17(20)15-11-23-13-4-2-3-5-14(13)24-15/h2-7,10,15H,8-9,11H2,1H3,(H,19,20). The van der Waals surface area contributed by atoms with Crippen LogP contribution >= 0.6 is 0 Å². The first kappa shape index (κ1) is 16.1. The van der Waals surface area contributed by atoms with Gasteiger partial charge in [0.15, 0.2) is 11.5 Å². The molecule has 7 nitrogen and oxygen atoms in total. The number of rotatable bonds is 6. The molecule has 0 spiro atoms. The second-order valence-electron chi connectivity index (χ2n) is 5.08. The van der Waals surface area contributed by atoms with Crippen LogP contribution in [0.5, 0.6) is 17.4 Å². The maximum absolute atomic E-state index is 12.3. The van der Waals surface area contributed by atoms with Crippen molar-refractivity contribution in [2.24, 2.45) is 0 Å². The number of hydrogen-bond acceptors (Lipinski definition) is 6. The van der Waals surface area contributed by atoms with Crippen LogP contribution < -0.4 is 19.5 Å². The topological polar surface area (TPSA) is 78.9 Å². The number of pyridine rings is 1. The molecule has 1 amide bonds. The van der Waals surface area contributed by atoms with E-state index in [9.17, 15) is 4.79 Å². The van der Waals surface area contributed by atoms with Gasteiger partial charge in [0.1, 0.15) is 13.2 Å². The Morgan fingerprint density at radius 2 is 2.08 bits per heavy atom. The van der Waals surface area contributed by atoms with Gasteiger partial charge in [-0.05, 0) is 18.2 Å². The zero-order chi connectivity index (χ0) is 16.8. The van der Waals surface area contributed by atoms with Gasteiger partial charge in [-0.15, -0.1) is 0 Å². The molecule has 1 aliphatic rings. The third kappa shape index (κ3) is 3.94. The van der Waals surface area contributed by atoms with Crippen molar-refractivity contribution in [3.63, 3.8) is 0 Å². The molecule has 0 aliphatic carbocycles. The second kappa shape index (κ2) is 7.65. The average Bonchev–Trinajstić information content (AvgIpc) is 2.63. The first-order valence-corrected chi connectivity index (χ1v) is 7.53. The van der Waals surface area contributed by atoms with Gasteiger partial charge in [0.2, 0.25) is 12.0 Å². The number of fused-ring (bicyclic) bond motifs is 1. The van der Waals surface area contributed by atoms with Crippen molar-refractivity contribution >= 4 is 11.6 Å². The molecule has 1 atom stereocenters. The molecule has 0 bridgehead atoms. The van der Waals surface area contributed by atoms with Crippen LogP contribution in [0.2, 0.25) is 0 Å². The summed E-state index contributed by atoms with van der Waals surface area (Å²) in [6, 6.07) is 10.6. The third-order valence-electron chi connectivity index (χ3n) is 3.34. The molecule has 2 heterocycles. The highest BCUT2D eigenvalue weighted by molar-refractivity contribution is 5.94. The highest BCUT2D eigenvalue weighted by Gasteiger charge is 2.27. The number of carbonyl (C=O) groups excluding carboxylic acids is 1. The molecule has 7 heteroatoms. The van der Waals surface area contributed by atoms with E-state index in [2.05, 4.69) is 10.3 Å². The minimum absolute atomic E-state index is 0.161. The van der Waals surface area contributed by atoms with Crippen molar-refractivity contribution in [1.82, 2.24) is 4.98 Å². The third-order valence-corrected chi connectivity index (χ3v) is 3.34.